The highest BCUT2D eigenvalue weighted by Gasteiger charge is 2.39. The van der Waals surface area contributed by atoms with Crippen molar-refractivity contribution in [2.24, 2.45) is 5.92 Å². The number of nitrogens with zero attached hydrogens (tertiary/aromatic N) is 3. The van der Waals surface area contributed by atoms with Gasteiger partial charge in [-0.1, -0.05) is 35.9 Å². The molecule has 2 atom stereocenters. The molecule has 8 nitrogen and oxygen atoms in total. The molecule has 0 bridgehead atoms. The first-order valence-corrected chi connectivity index (χ1v) is 14.8. The van der Waals surface area contributed by atoms with E-state index < -0.39 is 11.9 Å². The smallest absolute Gasteiger partial charge is 0.255 e. The number of carbonyl (C=O) groups is 3. The number of carbonyl (C=O) groups excluding carboxylic acids is 3. The number of nitrogens with one attached hydrogen (secondary N) is 2. The van der Waals surface area contributed by atoms with Gasteiger partial charge in [-0.2, -0.15) is 0 Å². The Morgan fingerprint density at radius 3 is 2.62 bits per heavy atom. The molecular weight excluding hydrogens is 557 g/mol. The molecule has 3 aliphatic heterocycles. The van der Waals surface area contributed by atoms with Crippen molar-refractivity contribution in [3.05, 3.63) is 82.3 Å². The van der Waals surface area contributed by atoms with Gasteiger partial charge in [0.25, 0.3) is 5.91 Å². The molecule has 0 aliphatic carbocycles. The van der Waals surface area contributed by atoms with Crippen LogP contribution in [-0.2, 0) is 22.7 Å². The number of anilines is 1. The molecule has 2 fully saturated rings. The van der Waals surface area contributed by atoms with Crippen molar-refractivity contribution in [3.63, 3.8) is 0 Å². The standard InChI is InChI=1S/C32H33ClFN5O3/c1-19(21-9-11-38(12-10-21)30-27(34)15-23(17-36-30)22-3-2-4-25(33)14-22)35-16-20-5-6-26-24(13-20)18-39(32(26)42)28-7-8-29(40)37-31(28)41/h2-6,13-15,17,19,21,28,35H,7-12,16,18H2,1H3,(H,37,40,41). The number of benzene rings is 2. The van der Waals surface area contributed by atoms with Gasteiger partial charge in [-0.05, 0) is 73.1 Å². The first-order valence-electron chi connectivity index (χ1n) is 14.4. The molecule has 3 amide bonds. The minimum atomic E-state index is -0.611. The summed E-state index contributed by atoms with van der Waals surface area (Å²) in [6, 6.07) is 14.3. The van der Waals surface area contributed by atoms with Crippen molar-refractivity contribution in [1.82, 2.24) is 20.5 Å². The predicted octanol–water partition coefficient (Wildman–Crippen LogP) is 4.70. The van der Waals surface area contributed by atoms with Crippen LogP contribution in [0.1, 0.15) is 54.1 Å². The zero-order valence-electron chi connectivity index (χ0n) is 23.4. The van der Waals surface area contributed by atoms with Crippen LogP contribution >= 0.6 is 11.6 Å². The number of hydrogen-bond donors (Lipinski definition) is 2. The molecule has 42 heavy (non-hydrogen) atoms. The third-order valence-electron chi connectivity index (χ3n) is 8.74. The third-order valence-corrected chi connectivity index (χ3v) is 8.98. The SMILES string of the molecule is CC(NCc1ccc2c(c1)CN(C1CCC(=O)NC1=O)C2=O)C1CCN(c2ncc(-c3cccc(Cl)c3)cc2F)CC1. The Bertz CT molecular complexity index is 1540. The fourth-order valence-electron chi connectivity index (χ4n) is 6.28. The van der Waals surface area contributed by atoms with Gasteiger partial charge in [0.2, 0.25) is 11.8 Å². The predicted molar refractivity (Wildman–Crippen MR) is 158 cm³/mol. The lowest BCUT2D eigenvalue weighted by Gasteiger charge is -2.36. The quantitative estimate of drug-likeness (QED) is 0.388. The van der Waals surface area contributed by atoms with E-state index >= 15 is 4.39 Å². The van der Waals surface area contributed by atoms with Crippen LogP contribution < -0.4 is 15.5 Å². The van der Waals surface area contributed by atoms with Gasteiger partial charge in [0.1, 0.15) is 6.04 Å². The molecule has 2 N–H and O–H groups in total. The number of rotatable bonds is 7. The molecule has 2 aromatic carbocycles. The lowest BCUT2D eigenvalue weighted by Crippen LogP contribution is -2.52. The van der Waals surface area contributed by atoms with Gasteiger partial charge in [0, 0.05) is 61.0 Å². The number of piperidine rings is 2. The summed E-state index contributed by atoms with van der Waals surface area (Å²) in [6.45, 7) is 4.67. The lowest BCUT2D eigenvalue weighted by molar-refractivity contribution is -0.136. The molecule has 4 heterocycles. The van der Waals surface area contributed by atoms with Crippen LogP contribution in [0.2, 0.25) is 5.02 Å². The monoisotopic (exact) mass is 589 g/mol. The zero-order chi connectivity index (χ0) is 29.4. The van der Waals surface area contributed by atoms with E-state index in [1.807, 2.05) is 35.2 Å². The van der Waals surface area contributed by atoms with Crippen LogP contribution in [0.4, 0.5) is 10.2 Å². The third kappa shape index (κ3) is 5.76. The maximum Gasteiger partial charge on any atom is 0.255 e. The average molecular weight is 590 g/mol. The molecular formula is C32H33ClFN5O3. The summed E-state index contributed by atoms with van der Waals surface area (Å²) in [6.07, 6.45) is 4.14. The van der Waals surface area contributed by atoms with E-state index in [0.717, 1.165) is 42.6 Å². The van der Waals surface area contributed by atoms with Crippen molar-refractivity contribution in [3.8, 4) is 11.1 Å². The van der Waals surface area contributed by atoms with E-state index in [2.05, 4.69) is 22.5 Å². The van der Waals surface area contributed by atoms with E-state index in [-0.39, 0.29) is 30.1 Å². The largest absolute Gasteiger partial charge is 0.354 e. The molecule has 6 rings (SSSR count). The molecule has 3 aliphatic rings. The number of imide groups is 1. The number of amides is 3. The minimum absolute atomic E-state index is 0.163. The van der Waals surface area contributed by atoms with Crippen LogP contribution in [0, 0.1) is 11.7 Å². The minimum Gasteiger partial charge on any atom is -0.354 e. The highest BCUT2D eigenvalue weighted by atomic mass is 35.5. The number of fused-ring (bicyclic) bond motifs is 1. The maximum atomic E-state index is 15.1. The van der Waals surface area contributed by atoms with E-state index in [1.54, 1.807) is 23.2 Å². The first kappa shape index (κ1) is 28.3. The van der Waals surface area contributed by atoms with E-state index in [1.165, 1.54) is 6.07 Å². The van der Waals surface area contributed by atoms with Gasteiger partial charge in [0.05, 0.1) is 0 Å². The Morgan fingerprint density at radius 2 is 1.88 bits per heavy atom. The van der Waals surface area contributed by atoms with Crippen LogP contribution in [0.3, 0.4) is 0 Å². The lowest BCUT2D eigenvalue weighted by atomic mass is 9.90. The van der Waals surface area contributed by atoms with Gasteiger partial charge < -0.3 is 15.1 Å². The van der Waals surface area contributed by atoms with Gasteiger partial charge in [-0.3, -0.25) is 19.7 Å². The van der Waals surface area contributed by atoms with Crippen molar-refractivity contribution in [2.45, 2.75) is 57.8 Å². The van der Waals surface area contributed by atoms with Crippen molar-refractivity contribution >= 4 is 35.1 Å². The summed E-state index contributed by atoms with van der Waals surface area (Å²) in [5.74, 6) is -0.358. The second kappa shape index (κ2) is 11.8. The Balaban J connectivity index is 1.02. The van der Waals surface area contributed by atoms with Gasteiger partial charge in [-0.15, -0.1) is 0 Å². The molecule has 0 radical (unpaired) electrons. The average Bonchev–Trinajstić information content (AvgIpc) is 3.31. The van der Waals surface area contributed by atoms with Gasteiger partial charge in [0.15, 0.2) is 11.6 Å². The Kier molecular flexibility index (Phi) is 7.96. The summed E-state index contributed by atoms with van der Waals surface area (Å²) in [5, 5.41) is 6.58. The Morgan fingerprint density at radius 1 is 1.07 bits per heavy atom. The van der Waals surface area contributed by atoms with Crippen molar-refractivity contribution in [1.29, 1.82) is 0 Å². The fraction of sp³-hybridized carbons (Fsp3) is 0.375. The molecule has 218 valence electrons. The van der Waals surface area contributed by atoms with E-state index in [0.29, 0.717) is 47.4 Å². The van der Waals surface area contributed by atoms with Gasteiger partial charge >= 0.3 is 0 Å². The molecule has 3 aromatic rings. The summed E-state index contributed by atoms with van der Waals surface area (Å²) in [7, 11) is 0. The zero-order valence-corrected chi connectivity index (χ0v) is 24.2. The molecule has 2 saturated heterocycles. The molecule has 0 saturated carbocycles. The second-order valence-electron chi connectivity index (χ2n) is 11.4. The molecule has 10 heteroatoms. The highest BCUT2D eigenvalue weighted by Crippen LogP contribution is 2.31. The first-order chi connectivity index (χ1) is 20.3. The second-order valence-corrected chi connectivity index (χ2v) is 11.9. The Labute approximate surface area is 249 Å². The highest BCUT2D eigenvalue weighted by molar-refractivity contribution is 6.30. The van der Waals surface area contributed by atoms with Crippen LogP contribution in [0.15, 0.2) is 54.7 Å². The summed E-state index contributed by atoms with van der Waals surface area (Å²) < 4.78 is 15.1. The van der Waals surface area contributed by atoms with Crippen molar-refractivity contribution < 1.29 is 18.8 Å². The molecule has 1 aromatic heterocycles. The van der Waals surface area contributed by atoms with Crippen LogP contribution in [0.25, 0.3) is 11.1 Å². The topological polar surface area (TPSA) is 94.6 Å². The van der Waals surface area contributed by atoms with E-state index in [9.17, 15) is 14.4 Å². The number of halogens is 2. The molecule has 2 unspecified atom stereocenters. The number of aromatic nitrogens is 1. The summed E-state index contributed by atoms with van der Waals surface area (Å²) >= 11 is 6.09. The Hall–Kier alpha value is -3.82. The molecule has 0 spiro atoms. The van der Waals surface area contributed by atoms with E-state index in [4.69, 9.17) is 11.6 Å². The fourth-order valence-corrected chi connectivity index (χ4v) is 6.47. The summed E-state index contributed by atoms with van der Waals surface area (Å²) in [5.41, 5.74) is 4.12. The number of pyridine rings is 1. The maximum absolute atomic E-state index is 15.1. The number of hydrogen-bond acceptors (Lipinski definition) is 6. The summed E-state index contributed by atoms with van der Waals surface area (Å²) in [4.78, 5) is 44.8. The van der Waals surface area contributed by atoms with Crippen LogP contribution in [0.5, 0.6) is 0 Å². The van der Waals surface area contributed by atoms with Gasteiger partial charge in [-0.25, -0.2) is 9.37 Å². The van der Waals surface area contributed by atoms with Crippen molar-refractivity contribution in [2.75, 3.05) is 18.0 Å². The normalized spacial score (nSPS) is 20.1. The van der Waals surface area contributed by atoms with Crippen LogP contribution in [-0.4, -0.2) is 52.8 Å².